The number of rotatable bonds is 5. The highest BCUT2D eigenvalue weighted by molar-refractivity contribution is 7.80. The first-order valence-electron chi connectivity index (χ1n) is 12.0. The van der Waals surface area contributed by atoms with Gasteiger partial charge in [0.15, 0.2) is 10.7 Å². The number of nitrogens with one attached hydrogen (secondary N) is 2. The molecular formula is C27H25N5O4S. The molecule has 188 valence electrons. The van der Waals surface area contributed by atoms with E-state index in [1.165, 1.54) is 6.07 Å². The van der Waals surface area contributed by atoms with E-state index < -0.39 is 10.8 Å². The molecule has 0 unspecified atom stereocenters. The van der Waals surface area contributed by atoms with Crippen LogP contribution in [0.2, 0.25) is 0 Å². The molecule has 1 aliphatic heterocycles. The number of para-hydroxylation sites is 2. The molecule has 1 aliphatic rings. The average Bonchev–Trinajstić information content (AvgIpc) is 3.34. The number of carbonyl (C=O) groups excluding carboxylic acids is 1. The number of hydrogen-bond donors (Lipinski definition) is 2. The van der Waals surface area contributed by atoms with E-state index in [9.17, 15) is 14.9 Å². The molecule has 0 aliphatic carbocycles. The maximum absolute atomic E-state index is 12.9. The smallest absolute Gasteiger partial charge is 0.293 e. The van der Waals surface area contributed by atoms with Crippen LogP contribution >= 0.6 is 12.2 Å². The summed E-state index contributed by atoms with van der Waals surface area (Å²) in [7, 11) is 0. The molecule has 0 saturated carbocycles. The van der Waals surface area contributed by atoms with Gasteiger partial charge in [-0.25, -0.2) is 4.98 Å². The zero-order valence-corrected chi connectivity index (χ0v) is 21.0. The van der Waals surface area contributed by atoms with Gasteiger partial charge >= 0.3 is 0 Å². The second-order valence-corrected chi connectivity index (χ2v) is 9.34. The lowest BCUT2D eigenvalue weighted by Gasteiger charge is -2.28. The summed E-state index contributed by atoms with van der Waals surface area (Å²) in [6.07, 6.45) is 3.10. The average molecular weight is 516 g/mol. The van der Waals surface area contributed by atoms with E-state index in [1.807, 2.05) is 54.3 Å². The highest BCUT2D eigenvalue weighted by atomic mass is 32.1. The van der Waals surface area contributed by atoms with Crippen LogP contribution in [0.4, 0.5) is 17.1 Å². The number of nitro benzene ring substituents is 1. The highest BCUT2D eigenvalue weighted by Crippen LogP contribution is 2.31. The van der Waals surface area contributed by atoms with Crippen molar-refractivity contribution in [2.75, 3.05) is 23.3 Å². The summed E-state index contributed by atoms with van der Waals surface area (Å²) in [4.78, 5) is 30.7. The van der Waals surface area contributed by atoms with Crippen LogP contribution in [0.25, 0.3) is 22.6 Å². The number of amides is 1. The van der Waals surface area contributed by atoms with Crippen molar-refractivity contribution in [3.05, 3.63) is 81.9 Å². The SMILES string of the molecule is Cc1ccc(-c2nc3ccccc3o2)cc1NC(=S)NC(=O)c1ccc(N2CCCCC2)c([N+](=O)[O-])c1. The van der Waals surface area contributed by atoms with Crippen molar-refractivity contribution < 1.29 is 14.1 Å². The Hall–Kier alpha value is -4.31. The standard InChI is InChI=1S/C27H25N5O4S/c1-17-9-10-19(26-28-20-7-3-4-8-24(20)36-26)15-21(17)29-27(37)30-25(33)18-11-12-22(23(16-18)32(34)35)31-13-5-2-6-14-31/h3-4,7-12,15-16H,2,5-6,13-14H2,1H3,(H2,29,30,33,37). The third kappa shape index (κ3) is 5.29. The Morgan fingerprint density at radius 3 is 2.62 bits per heavy atom. The summed E-state index contributed by atoms with van der Waals surface area (Å²) in [5.41, 5.74) is 4.39. The molecule has 0 bridgehead atoms. The molecule has 9 nitrogen and oxygen atoms in total. The van der Waals surface area contributed by atoms with Crippen LogP contribution in [0.5, 0.6) is 0 Å². The van der Waals surface area contributed by atoms with E-state index >= 15 is 0 Å². The molecule has 1 saturated heterocycles. The molecule has 0 spiro atoms. The largest absolute Gasteiger partial charge is 0.436 e. The molecule has 2 heterocycles. The summed E-state index contributed by atoms with van der Waals surface area (Å²) in [6, 6.07) is 17.7. The molecule has 1 amide bonds. The van der Waals surface area contributed by atoms with Crippen LogP contribution < -0.4 is 15.5 Å². The van der Waals surface area contributed by atoms with E-state index in [0.717, 1.165) is 49.0 Å². The van der Waals surface area contributed by atoms with E-state index in [0.29, 0.717) is 22.8 Å². The fourth-order valence-corrected chi connectivity index (χ4v) is 4.63. The van der Waals surface area contributed by atoms with Crippen LogP contribution in [-0.2, 0) is 0 Å². The summed E-state index contributed by atoms with van der Waals surface area (Å²) >= 11 is 5.37. The Morgan fingerprint density at radius 2 is 1.86 bits per heavy atom. The molecule has 3 aromatic carbocycles. The van der Waals surface area contributed by atoms with Crippen molar-refractivity contribution in [3.63, 3.8) is 0 Å². The summed E-state index contributed by atoms with van der Waals surface area (Å²) in [5.74, 6) is -0.0566. The fourth-order valence-electron chi connectivity index (χ4n) is 4.43. The monoisotopic (exact) mass is 515 g/mol. The second-order valence-electron chi connectivity index (χ2n) is 8.93. The summed E-state index contributed by atoms with van der Waals surface area (Å²) in [5, 5.41) is 17.5. The Bertz CT molecular complexity index is 1480. The lowest BCUT2D eigenvalue weighted by Crippen LogP contribution is -2.34. The van der Waals surface area contributed by atoms with Crippen LogP contribution in [0, 0.1) is 17.0 Å². The number of aryl methyl sites for hydroxylation is 1. The van der Waals surface area contributed by atoms with Gasteiger partial charge < -0.3 is 14.6 Å². The maximum atomic E-state index is 12.9. The molecule has 37 heavy (non-hydrogen) atoms. The van der Waals surface area contributed by atoms with E-state index in [4.69, 9.17) is 16.6 Å². The Kier molecular flexibility index (Phi) is 6.82. The molecule has 5 rings (SSSR count). The minimum absolute atomic E-state index is 0.0746. The normalized spacial score (nSPS) is 13.4. The molecule has 2 N–H and O–H groups in total. The van der Waals surface area contributed by atoms with Gasteiger partial charge in [-0.1, -0.05) is 18.2 Å². The number of hydrogen-bond acceptors (Lipinski definition) is 7. The van der Waals surface area contributed by atoms with Gasteiger partial charge in [0, 0.05) is 36.0 Å². The molecule has 0 radical (unpaired) electrons. The molecular weight excluding hydrogens is 490 g/mol. The van der Waals surface area contributed by atoms with Gasteiger partial charge in [0.1, 0.15) is 11.2 Å². The lowest BCUT2D eigenvalue weighted by molar-refractivity contribution is -0.384. The first-order chi connectivity index (χ1) is 17.9. The molecule has 1 aromatic heterocycles. The van der Waals surface area contributed by atoms with Gasteiger partial charge in [-0.05, 0) is 80.4 Å². The molecule has 10 heteroatoms. The van der Waals surface area contributed by atoms with Gasteiger partial charge in [-0.3, -0.25) is 20.2 Å². The predicted octanol–water partition coefficient (Wildman–Crippen LogP) is 5.83. The zero-order chi connectivity index (χ0) is 25.9. The summed E-state index contributed by atoms with van der Waals surface area (Å²) in [6.45, 7) is 3.44. The van der Waals surface area contributed by atoms with Gasteiger partial charge in [0.2, 0.25) is 5.89 Å². The van der Waals surface area contributed by atoms with Gasteiger partial charge in [0.05, 0.1) is 4.92 Å². The van der Waals surface area contributed by atoms with Crippen LogP contribution in [0.3, 0.4) is 0 Å². The number of carbonyl (C=O) groups is 1. The third-order valence-electron chi connectivity index (χ3n) is 6.38. The Balaban J connectivity index is 1.31. The third-order valence-corrected chi connectivity index (χ3v) is 6.59. The fraction of sp³-hybridized carbons (Fsp3) is 0.222. The predicted molar refractivity (Wildman–Crippen MR) is 147 cm³/mol. The minimum Gasteiger partial charge on any atom is -0.436 e. The van der Waals surface area contributed by atoms with Crippen molar-refractivity contribution in [1.82, 2.24) is 10.3 Å². The Labute approximate surface area is 218 Å². The van der Waals surface area contributed by atoms with Crippen molar-refractivity contribution >= 4 is 51.4 Å². The molecule has 4 aromatic rings. The summed E-state index contributed by atoms with van der Waals surface area (Å²) < 4.78 is 5.86. The minimum atomic E-state index is -0.529. The first-order valence-corrected chi connectivity index (χ1v) is 12.4. The number of benzene rings is 3. The second kappa shape index (κ2) is 10.4. The number of oxazole rings is 1. The topological polar surface area (TPSA) is 114 Å². The number of thiocarbonyl (C=S) groups is 1. The van der Waals surface area contributed by atoms with Crippen LogP contribution in [-0.4, -0.2) is 34.0 Å². The molecule has 1 fully saturated rings. The highest BCUT2D eigenvalue weighted by Gasteiger charge is 2.23. The number of aromatic nitrogens is 1. The molecule has 0 atom stereocenters. The van der Waals surface area contributed by atoms with Gasteiger partial charge in [0.25, 0.3) is 11.6 Å². The van der Waals surface area contributed by atoms with Crippen molar-refractivity contribution in [2.45, 2.75) is 26.2 Å². The number of nitrogens with zero attached hydrogens (tertiary/aromatic N) is 3. The van der Waals surface area contributed by atoms with Crippen molar-refractivity contribution in [3.8, 4) is 11.5 Å². The van der Waals surface area contributed by atoms with Crippen molar-refractivity contribution in [2.24, 2.45) is 0 Å². The van der Waals surface area contributed by atoms with Crippen LogP contribution in [0.1, 0.15) is 35.2 Å². The quantitative estimate of drug-likeness (QED) is 0.194. The zero-order valence-electron chi connectivity index (χ0n) is 20.2. The lowest BCUT2D eigenvalue weighted by atomic mass is 10.1. The van der Waals surface area contributed by atoms with Crippen molar-refractivity contribution in [1.29, 1.82) is 0 Å². The van der Waals surface area contributed by atoms with E-state index in [-0.39, 0.29) is 16.4 Å². The number of anilines is 2. The number of nitro groups is 1. The van der Waals surface area contributed by atoms with E-state index in [1.54, 1.807) is 12.1 Å². The maximum Gasteiger partial charge on any atom is 0.293 e. The number of piperidine rings is 1. The van der Waals surface area contributed by atoms with Crippen LogP contribution in [0.15, 0.2) is 65.1 Å². The number of fused-ring (bicyclic) bond motifs is 1. The van der Waals surface area contributed by atoms with E-state index in [2.05, 4.69) is 15.6 Å². The van der Waals surface area contributed by atoms with Gasteiger partial charge in [-0.15, -0.1) is 0 Å². The Morgan fingerprint density at radius 1 is 1.08 bits per heavy atom. The first kappa shape index (κ1) is 24.4. The van der Waals surface area contributed by atoms with Gasteiger partial charge in [-0.2, -0.15) is 0 Å².